The van der Waals surface area contributed by atoms with Gasteiger partial charge in [0.15, 0.2) is 0 Å². The molecule has 0 saturated heterocycles. The third-order valence-electron chi connectivity index (χ3n) is 6.92. The zero-order chi connectivity index (χ0) is 18.6. The first-order valence-electron chi connectivity index (χ1n) is 10.5. The number of hydrogen-bond donors (Lipinski definition) is 1. The summed E-state index contributed by atoms with van der Waals surface area (Å²) >= 11 is 0. The van der Waals surface area contributed by atoms with E-state index < -0.39 is 10.8 Å². The molecule has 3 nitrogen and oxygen atoms in total. The summed E-state index contributed by atoms with van der Waals surface area (Å²) in [7, 11) is -0.785. The van der Waals surface area contributed by atoms with Crippen LogP contribution in [0.25, 0.3) is 0 Å². The van der Waals surface area contributed by atoms with E-state index in [4.69, 9.17) is 0 Å². The van der Waals surface area contributed by atoms with Crippen LogP contribution in [0.1, 0.15) is 56.9 Å². The molecule has 4 fully saturated rings. The smallest absolute Gasteiger partial charge is 0.207 e. The van der Waals surface area contributed by atoms with Gasteiger partial charge in [-0.1, -0.05) is 36.4 Å². The molecule has 0 heterocycles. The Hall–Kier alpha value is -1.42. The quantitative estimate of drug-likeness (QED) is 0.755. The number of allylic oxidation sites excluding steroid dienone is 2. The summed E-state index contributed by atoms with van der Waals surface area (Å²) in [5.41, 5.74) is 1.17. The predicted molar refractivity (Wildman–Crippen MR) is 110 cm³/mol. The lowest BCUT2D eigenvalue weighted by molar-refractivity contribution is -0.113. The van der Waals surface area contributed by atoms with Gasteiger partial charge in [0.05, 0.1) is 16.6 Å². The van der Waals surface area contributed by atoms with Crippen LogP contribution in [0.15, 0.2) is 41.3 Å². The monoisotopic (exact) mass is 385 g/mol. The minimum Gasteiger partial charge on any atom is -0.355 e. The van der Waals surface area contributed by atoms with Crippen LogP contribution in [0.2, 0.25) is 0 Å². The molecule has 1 N–H and O–H groups in total. The Morgan fingerprint density at radius 2 is 1.67 bits per heavy atom. The molecule has 0 radical (unpaired) electrons. The van der Waals surface area contributed by atoms with Crippen LogP contribution in [0.3, 0.4) is 0 Å². The summed E-state index contributed by atoms with van der Waals surface area (Å²) in [6, 6.07) is 10.6. The second-order valence-electron chi connectivity index (χ2n) is 8.78. The molecular formula is C23H31NO2S. The first-order chi connectivity index (χ1) is 13.2. The third-order valence-corrected chi connectivity index (χ3v) is 8.47. The number of hydrogen-bond acceptors (Lipinski definition) is 2. The zero-order valence-corrected chi connectivity index (χ0v) is 16.8. The van der Waals surface area contributed by atoms with E-state index in [0.717, 1.165) is 47.8 Å². The number of benzene rings is 1. The van der Waals surface area contributed by atoms with Gasteiger partial charge in [0, 0.05) is 10.9 Å². The summed E-state index contributed by atoms with van der Waals surface area (Å²) in [5.74, 6) is 4.33. The molecule has 1 amide bonds. The van der Waals surface area contributed by atoms with Gasteiger partial charge in [-0.2, -0.15) is 0 Å². The van der Waals surface area contributed by atoms with Crippen LogP contribution in [-0.4, -0.2) is 16.7 Å². The van der Waals surface area contributed by atoms with Gasteiger partial charge in [-0.05, 0) is 80.6 Å². The highest BCUT2D eigenvalue weighted by atomic mass is 32.2. The van der Waals surface area contributed by atoms with Gasteiger partial charge in [0.25, 0.3) is 0 Å². The van der Waals surface area contributed by atoms with E-state index >= 15 is 0 Å². The van der Waals surface area contributed by atoms with Crippen molar-refractivity contribution in [3.8, 4) is 0 Å². The first kappa shape index (κ1) is 18.9. The fraction of sp³-hybridized carbons (Fsp3) is 0.609. The molecule has 5 aliphatic carbocycles. The number of amides is 1. The van der Waals surface area contributed by atoms with Crippen LogP contribution in [-0.2, 0) is 21.3 Å². The van der Waals surface area contributed by atoms with Crippen molar-refractivity contribution in [1.82, 2.24) is 5.32 Å². The fourth-order valence-corrected chi connectivity index (χ4v) is 7.30. The third kappa shape index (κ3) is 4.53. The standard InChI is InChI=1S/C12H14OS.C11H17NO/c13-14(12-8-4-5-9-12)10-11-6-2-1-3-7-11;13-6-12-11-9-2-7-1-8(4-9)5-10(11)3-7/h1-3,6-8H,4-5,9-10H2;6-11H,1-5H2,(H,12,13). The van der Waals surface area contributed by atoms with E-state index in [9.17, 15) is 9.00 Å². The molecule has 146 valence electrons. The van der Waals surface area contributed by atoms with Crippen LogP contribution in [0, 0.1) is 23.7 Å². The molecule has 1 unspecified atom stereocenters. The summed E-state index contributed by atoms with van der Waals surface area (Å²) < 4.78 is 11.9. The van der Waals surface area contributed by atoms with Crippen LogP contribution >= 0.6 is 0 Å². The van der Waals surface area contributed by atoms with Crippen molar-refractivity contribution in [3.63, 3.8) is 0 Å². The van der Waals surface area contributed by atoms with Crippen LogP contribution in [0.5, 0.6) is 0 Å². The van der Waals surface area contributed by atoms with Gasteiger partial charge < -0.3 is 5.32 Å². The lowest BCUT2D eigenvalue weighted by atomic mass is 9.54. The number of carbonyl (C=O) groups is 1. The average Bonchev–Trinajstić information content (AvgIpc) is 3.20. The van der Waals surface area contributed by atoms with Gasteiger partial charge in [0.2, 0.25) is 6.41 Å². The lowest BCUT2D eigenvalue weighted by Crippen LogP contribution is -2.54. The Morgan fingerprint density at radius 3 is 2.22 bits per heavy atom. The van der Waals surface area contributed by atoms with E-state index in [0.29, 0.717) is 11.8 Å². The van der Waals surface area contributed by atoms with Crippen LogP contribution < -0.4 is 5.32 Å². The van der Waals surface area contributed by atoms with Crippen molar-refractivity contribution in [1.29, 1.82) is 0 Å². The summed E-state index contributed by atoms with van der Waals surface area (Å²) in [6.45, 7) is 0. The Bertz CT molecular complexity index is 672. The highest BCUT2D eigenvalue weighted by Gasteiger charge is 2.47. The van der Waals surface area contributed by atoms with E-state index in [1.54, 1.807) is 0 Å². The number of nitrogens with one attached hydrogen (secondary N) is 1. The minimum absolute atomic E-state index is 0.533. The maximum Gasteiger partial charge on any atom is 0.207 e. The summed E-state index contributed by atoms with van der Waals surface area (Å²) in [6.07, 6.45) is 13.4. The molecule has 0 spiro atoms. The Labute approximate surface area is 165 Å². The number of rotatable bonds is 5. The normalized spacial score (nSPS) is 34.4. The van der Waals surface area contributed by atoms with Gasteiger partial charge in [0.1, 0.15) is 0 Å². The Balaban J connectivity index is 0.000000134. The highest BCUT2D eigenvalue weighted by molar-refractivity contribution is 7.88. The second-order valence-corrected chi connectivity index (χ2v) is 10.3. The number of carbonyl (C=O) groups excluding carboxylic acids is 1. The van der Waals surface area contributed by atoms with Crippen molar-refractivity contribution in [2.24, 2.45) is 23.7 Å². The largest absolute Gasteiger partial charge is 0.355 e. The molecular weight excluding hydrogens is 354 g/mol. The minimum atomic E-state index is -0.785. The zero-order valence-electron chi connectivity index (χ0n) is 16.0. The molecule has 0 aromatic heterocycles. The fourth-order valence-electron chi connectivity index (χ4n) is 5.94. The SMILES string of the molecule is O=CNC1C2CC3CC(C2)CC1C3.O=S(Cc1ccccc1)C1=CCCC1. The van der Waals surface area contributed by atoms with Crippen LogP contribution in [0.4, 0.5) is 0 Å². The Morgan fingerprint density at radius 1 is 1.00 bits per heavy atom. The van der Waals surface area contributed by atoms with E-state index in [2.05, 4.69) is 11.4 Å². The van der Waals surface area contributed by atoms with E-state index in [1.807, 2.05) is 30.3 Å². The maximum absolute atomic E-state index is 11.9. The van der Waals surface area contributed by atoms with Crippen molar-refractivity contribution >= 4 is 17.2 Å². The molecule has 0 aliphatic heterocycles. The lowest BCUT2D eigenvalue weighted by Gasteiger charge is -2.54. The molecule has 5 aliphatic rings. The van der Waals surface area contributed by atoms with Crippen molar-refractivity contribution < 1.29 is 9.00 Å². The summed E-state index contributed by atoms with van der Waals surface area (Å²) in [4.78, 5) is 11.6. The Kier molecular flexibility index (Phi) is 6.11. The van der Waals surface area contributed by atoms with Gasteiger partial charge in [-0.25, -0.2) is 0 Å². The second kappa shape index (κ2) is 8.72. The highest BCUT2D eigenvalue weighted by Crippen LogP contribution is 2.53. The van der Waals surface area contributed by atoms with Crippen molar-refractivity contribution in [3.05, 3.63) is 46.9 Å². The maximum atomic E-state index is 11.9. The predicted octanol–water partition coefficient (Wildman–Crippen LogP) is 4.56. The molecule has 1 aromatic rings. The van der Waals surface area contributed by atoms with Gasteiger partial charge >= 0.3 is 0 Å². The van der Waals surface area contributed by atoms with Crippen molar-refractivity contribution in [2.45, 2.75) is 63.2 Å². The van der Waals surface area contributed by atoms with E-state index in [1.165, 1.54) is 44.1 Å². The van der Waals surface area contributed by atoms with E-state index in [-0.39, 0.29) is 0 Å². The van der Waals surface area contributed by atoms with Crippen molar-refractivity contribution in [2.75, 3.05) is 0 Å². The summed E-state index contributed by atoms with van der Waals surface area (Å²) in [5, 5.41) is 3.05. The first-order valence-corrected chi connectivity index (χ1v) is 11.9. The average molecular weight is 386 g/mol. The molecule has 4 bridgehead atoms. The topological polar surface area (TPSA) is 46.2 Å². The molecule has 1 atom stereocenters. The molecule has 1 aromatic carbocycles. The molecule has 4 heteroatoms. The molecule has 4 saturated carbocycles. The molecule has 6 rings (SSSR count). The molecule has 27 heavy (non-hydrogen) atoms. The van der Waals surface area contributed by atoms with Gasteiger partial charge in [-0.3, -0.25) is 9.00 Å². The van der Waals surface area contributed by atoms with Gasteiger partial charge in [-0.15, -0.1) is 0 Å².